The van der Waals surface area contributed by atoms with Crippen molar-refractivity contribution in [2.75, 3.05) is 0 Å². The van der Waals surface area contributed by atoms with E-state index in [1.807, 2.05) is 0 Å². The number of hydrogen-bond donors (Lipinski definition) is 0. The SMILES string of the molecule is C=C1C(c2ccccc2)CC(c2cccc(-c3ccc4c(c3)oc3c(-c5cccc6c5OC5C=CC=CC65)cccc34)c2)=C(C)C1c1ccccc1. The lowest BCUT2D eigenvalue weighted by molar-refractivity contribution is 0.270. The number of ether oxygens (including phenoxy) is 1. The van der Waals surface area contributed by atoms with Crippen molar-refractivity contribution in [3.63, 3.8) is 0 Å². The summed E-state index contributed by atoms with van der Waals surface area (Å²) in [5.41, 5.74) is 15.4. The van der Waals surface area contributed by atoms with Gasteiger partial charge in [-0.15, -0.1) is 0 Å². The van der Waals surface area contributed by atoms with Gasteiger partial charge in [-0.25, -0.2) is 0 Å². The van der Waals surface area contributed by atoms with E-state index in [0.29, 0.717) is 0 Å². The van der Waals surface area contributed by atoms with Crippen LogP contribution < -0.4 is 4.74 Å². The van der Waals surface area contributed by atoms with Crippen LogP contribution in [0.3, 0.4) is 0 Å². The first-order valence-corrected chi connectivity index (χ1v) is 18.3. The Morgan fingerprint density at radius 1 is 0.615 bits per heavy atom. The van der Waals surface area contributed by atoms with Gasteiger partial charge in [-0.2, -0.15) is 0 Å². The van der Waals surface area contributed by atoms with E-state index in [0.717, 1.165) is 50.8 Å². The normalized spacial score (nSPS) is 20.7. The lowest BCUT2D eigenvalue weighted by Crippen LogP contribution is -2.18. The lowest BCUT2D eigenvalue weighted by Gasteiger charge is -2.36. The summed E-state index contributed by atoms with van der Waals surface area (Å²) in [5.74, 6) is 1.60. The van der Waals surface area contributed by atoms with E-state index in [2.05, 4.69) is 171 Å². The predicted octanol–water partition coefficient (Wildman–Crippen LogP) is 13.2. The first kappa shape index (κ1) is 30.7. The van der Waals surface area contributed by atoms with Gasteiger partial charge >= 0.3 is 0 Å². The highest BCUT2D eigenvalue weighted by Crippen LogP contribution is 2.51. The Balaban J connectivity index is 1.05. The van der Waals surface area contributed by atoms with Gasteiger partial charge in [0.15, 0.2) is 0 Å². The van der Waals surface area contributed by atoms with Crippen LogP contribution >= 0.6 is 0 Å². The van der Waals surface area contributed by atoms with Crippen molar-refractivity contribution < 1.29 is 9.15 Å². The first-order valence-electron chi connectivity index (χ1n) is 18.3. The fourth-order valence-electron chi connectivity index (χ4n) is 8.98. The van der Waals surface area contributed by atoms with Crippen LogP contribution in [0.25, 0.3) is 49.8 Å². The van der Waals surface area contributed by atoms with Gasteiger partial charge in [0.1, 0.15) is 23.0 Å². The number of furan rings is 1. The van der Waals surface area contributed by atoms with E-state index in [1.54, 1.807) is 0 Å². The Kier molecular flexibility index (Phi) is 7.25. The Labute approximate surface area is 304 Å². The third-order valence-electron chi connectivity index (χ3n) is 11.5. The molecule has 7 aromatic rings. The van der Waals surface area contributed by atoms with Gasteiger partial charge in [0, 0.05) is 45.2 Å². The number of allylic oxidation sites excluding steroid dienone is 5. The monoisotopic (exact) mass is 670 g/mol. The summed E-state index contributed by atoms with van der Waals surface area (Å²) in [6, 6.07) is 50.4. The molecule has 4 atom stereocenters. The van der Waals surface area contributed by atoms with Crippen LogP contribution in [-0.2, 0) is 0 Å². The summed E-state index contributed by atoms with van der Waals surface area (Å²) < 4.78 is 13.3. The van der Waals surface area contributed by atoms with Crippen LogP contribution in [0.4, 0.5) is 0 Å². The molecule has 0 saturated carbocycles. The average molecular weight is 671 g/mol. The Morgan fingerprint density at radius 3 is 2.17 bits per heavy atom. The zero-order valence-corrected chi connectivity index (χ0v) is 29.1. The maximum absolute atomic E-state index is 6.78. The molecular formula is C50H38O2. The molecule has 2 nitrogen and oxygen atoms in total. The van der Waals surface area contributed by atoms with Crippen LogP contribution in [0.15, 0.2) is 186 Å². The summed E-state index contributed by atoms with van der Waals surface area (Å²) in [6.07, 6.45) is 9.55. The molecule has 2 aliphatic carbocycles. The molecule has 0 radical (unpaired) electrons. The molecule has 3 aliphatic rings. The van der Waals surface area contributed by atoms with Gasteiger partial charge in [0.05, 0.1) is 0 Å². The van der Waals surface area contributed by atoms with Crippen molar-refractivity contribution in [1.82, 2.24) is 0 Å². The molecule has 4 unspecified atom stereocenters. The predicted molar refractivity (Wildman–Crippen MR) is 215 cm³/mol. The molecule has 6 aromatic carbocycles. The minimum atomic E-state index is 0.0368. The Hall–Kier alpha value is -6.12. The minimum Gasteiger partial charge on any atom is -0.484 e. The maximum Gasteiger partial charge on any atom is 0.143 e. The van der Waals surface area contributed by atoms with E-state index in [4.69, 9.17) is 15.7 Å². The number of hydrogen-bond acceptors (Lipinski definition) is 2. The average Bonchev–Trinajstić information content (AvgIpc) is 3.77. The number of para-hydroxylation sites is 2. The molecule has 1 aromatic heterocycles. The molecule has 0 spiro atoms. The standard InChI is InChI=1S/C50H38O2/c1-31-44(33-14-5-3-6-15-33)30-45(32(2)48(31)34-16-7-4-8-17-34)37-19-11-18-35(28-37)36-26-27-39-41-22-13-24-43(50(41)52-47(39)29-36)42-23-12-21-40-38-20-9-10-25-46(38)51-49(40)42/h3-29,38,44,46,48H,1,30H2,2H3. The second kappa shape index (κ2) is 12.3. The van der Waals surface area contributed by atoms with Crippen molar-refractivity contribution in [3.05, 3.63) is 204 Å². The summed E-state index contributed by atoms with van der Waals surface area (Å²) in [5, 5.41) is 2.23. The quantitative estimate of drug-likeness (QED) is 0.170. The maximum atomic E-state index is 6.78. The third kappa shape index (κ3) is 4.93. The molecule has 0 saturated heterocycles. The summed E-state index contributed by atoms with van der Waals surface area (Å²) >= 11 is 0. The minimum absolute atomic E-state index is 0.0368. The smallest absolute Gasteiger partial charge is 0.143 e. The van der Waals surface area contributed by atoms with E-state index in [1.165, 1.54) is 44.5 Å². The van der Waals surface area contributed by atoms with Crippen LogP contribution in [0, 0.1) is 0 Å². The van der Waals surface area contributed by atoms with E-state index >= 15 is 0 Å². The largest absolute Gasteiger partial charge is 0.484 e. The molecule has 0 N–H and O–H groups in total. The van der Waals surface area contributed by atoms with Crippen molar-refractivity contribution >= 4 is 27.5 Å². The van der Waals surface area contributed by atoms with E-state index in [9.17, 15) is 0 Å². The van der Waals surface area contributed by atoms with Gasteiger partial charge in [-0.1, -0.05) is 157 Å². The molecule has 52 heavy (non-hydrogen) atoms. The lowest BCUT2D eigenvalue weighted by atomic mass is 9.68. The highest BCUT2D eigenvalue weighted by Gasteiger charge is 2.35. The van der Waals surface area contributed by atoms with Crippen molar-refractivity contribution in [3.8, 4) is 28.0 Å². The zero-order valence-electron chi connectivity index (χ0n) is 29.1. The molecular weight excluding hydrogens is 633 g/mol. The highest BCUT2D eigenvalue weighted by atomic mass is 16.5. The third-order valence-corrected chi connectivity index (χ3v) is 11.5. The van der Waals surface area contributed by atoms with Crippen LogP contribution in [0.2, 0.25) is 0 Å². The molecule has 250 valence electrons. The topological polar surface area (TPSA) is 22.4 Å². The van der Waals surface area contributed by atoms with Gasteiger partial charge in [-0.3, -0.25) is 0 Å². The van der Waals surface area contributed by atoms with E-state index < -0.39 is 0 Å². The van der Waals surface area contributed by atoms with Gasteiger partial charge in [0.25, 0.3) is 0 Å². The first-order chi connectivity index (χ1) is 25.6. The van der Waals surface area contributed by atoms with Crippen molar-refractivity contribution in [1.29, 1.82) is 0 Å². The number of benzene rings is 6. The fraction of sp³-hybridized carbons (Fsp3) is 0.120. The van der Waals surface area contributed by atoms with Crippen molar-refractivity contribution in [2.24, 2.45) is 0 Å². The zero-order chi connectivity index (χ0) is 34.8. The summed E-state index contributed by atoms with van der Waals surface area (Å²) in [6.45, 7) is 7.03. The van der Waals surface area contributed by atoms with Gasteiger partial charge < -0.3 is 9.15 Å². The summed E-state index contributed by atoms with van der Waals surface area (Å²) in [4.78, 5) is 0. The van der Waals surface area contributed by atoms with Gasteiger partial charge in [0.2, 0.25) is 0 Å². The molecule has 0 bridgehead atoms. The Bertz CT molecular complexity index is 2620. The molecule has 10 rings (SSSR count). The molecule has 2 heteroatoms. The van der Waals surface area contributed by atoms with E-state index in [-0.39, 0.29) is 23.9 Å². The molecule has 0 fully saturated rings. The van der Waals surface area contributed by atoms with Crippen LogP contribution in [0.1, 0.15) is 53.4 Å². The fourth-order valence-corrected chi connectivity index (χ4v) is 8.98. The van der Waals surface area contributed by atoms with Gasteiger partial charge in [-0.05, 0) is 71.0 Å². The van der Waals surface area contributed by atoms with Crippen LogP contribution in [-0.4, -0.2) is 6.10 Å². The highest BCUT2D eigenvalue weighted by molar-refractivity contribution is 6.10. The van der Waals surface area contributed by atoms with Crippen molar-refractivity contribution in [2.45, 2.75) is 37.2 Å². The molecule has 0 amide bonds. The number of rotatable bonds is 5. The summed E-state index contributed by atoms with van der Waals surface area (Å²) in [7, 11) is 0. The second-order valence-corrected chi connectivity index (χ2v) is 14.4. The Morgan fingerprint density at radius 2 is 1.33 bits per heavy atom. The number of fused-ring (bicyclic) bond motifs is 6. The molecule has 2 heterocycles. The molecule has 1 aliphatic heterocycles. The second-order valence-electron chi connectivity index (χ2n) is 14.4. The van der Waals surface area contributed by atoms with Crippen LogP contribution in [0.5, 0.6) is 5.75 Å².